The lowest BCUT2D eigenvalue weighted by Gasteiger charge is -2.27. The van der Waals surface area contributed by atoms with Crippen LogP contribution in [-0.2, 0) is 13.0 Å². The molecule has 114 valence electrons. The zero-order valence-corrected chi connectivity index (χ0v) is 12.7. The lowest BCUT2D eigenvalue weighted by atomic mass is 10.1. The maximum atomic E-state index is 9.08. The van der Waals surface area contributed by atoms with Crippen LogP contribution in [0.5, 0.6) is 0 Å². The summed E-state index contributed by atoms with van der Waals surface area (Å²) in [5.41, 5.74) is 2.23. The third kappa shape index (κ3) is 2.92. The molecule has 5 heteroatoms. The van der Waals surface area contributed by atoms with E-state index in [9.17, 15) is 0 Å². The van der Waals surface area contributed by atoms with Crippen molar-refractivity contribution in [1.82, 2.24) is 9.88 Å². The van der Waals surface area contributed by atoms with Gasteiger partial charge in [0.15, 0.2) is 0 Å². The second kappa shape index (κ2) is 6.32. The number of fused-ring (bicyclic) bond motifs is 1. The van der Waals surface area contributed by atoms with Crippen LogP contribution in [0.3, 0.4) is 0 Å². The molecule has 0 bridgehead atoms. The second-order valence-corrected chi connectivity index (χ2v) is 5.15. The molecule has 23 heavy (non-hydrogen) atoms. The Hall–Kier alpha value is -3.13. The van der Waals surface area contributed by atoms with Crippen molar-refractivity contribution in [1.29, 1.82) is 5.26 Å². The summed E-state index contributed by atoms with van der Waals surface area (Å²) in [5.74, 6) is 1.96. The summed E-state index contributed by atoms with van der Waals surface area (Å²) < 4.78 is 5.92. The molecule has 1 aliphatic heterocycles. The first-order valence-corrected chi connectivity index (χ1v) is 7.30. The van der Waals surface area contributed by atoms with E-state index in [1.165, 1.54) is 6.20 Å². The summed E-state index contributed by atoms with van der Waals surface area (Å²) in [6, 6.07) is 11.8. The third-order valence-corrected chi connectivity index (χ3v) is 3.67. The first-order chi connectivity index (χ1) is 11.2. The van der Waals surface area contributed by atoms with Gasteiger partial charge in [-0.05, 0) is 12.1 Å². The number of nitrogens with zero attached hydrogens (tertiary/aromatic N) is 4. The minimum absolute atomic E-state index is 0.316. The van der Waals surface area contributed by atoms with Crippen LogP contribution < -0.4 is 0 Å². The van der Waals surface area contributed by atoms with Gasteiger partial charge in [0.25, 0.3) is 0 Å². The molecule has 5 nitrogen and oxygen atoms in total. The van der Waals surface area contributed by atoms with Crippen molar-refractivity contribution >= 4 is 5.84 Å². The third-order valence-electron chi connectivity index (χ3n) is 3.67. The summed E-state index contributed by atoms with van der Waals surface area (Å²) in [6.45, 7) is 8.57. The molecule has 2 aromatic rings. The van der Waals surface area contributed by atoms with Gasteiger partial charge in [-0.3, -0.25) is 0 Å². The molecular formula is C18H16N4O. The van der Waals surface area contributed by atoms with Gasteiger partial charge in [0.2, 0.25) is 5.89 Å². The van der Waals surface area contributed by atoms with Crippen molar-refractivity contribution in [2.45, 2.75) is 13.0 Å². The van der Waals surface area contributed by atoms with E-state index in [1.54, 1.807) is 0 Å². The van der Waals surface area contributed by atoms with Crippen molar-refractivity contribution < 1.29 is 4.42 Å². The van der Waals surface area contributed by atoms with Crippen molar-refractivity contribution in [2.24, 2.45) is 4.99 Å². The summed E-state index contributed by atoms with van der Waals surface area (Å²) in [4.78, 5) is 10.7. The van der Waals surface area contributed by atoms with Crippen LogP contribution >= 0.6 is 0 Å². The Morgan fingerprint density at radius 2 is 2.17 bits per heavy atom. The number of hydrogen-bond donors (Lipinski definition) is 0. The average Bonchev–Trinajstić information content (AvgIpc) is 3.03. The van der Waals surface area contributed by atoms with Crippen molar-refractivity contribution in [3.8, 4) is 17.5 Å². The SMILES string of the molecule is C=CN=C(C(=C)C#N)N1CCc2nc(-c3ccccc3)oc2C1. The average molecular weight is 304 g/mol. The molecule has 0 fully saturated rings. The number of rotatable bonds is 3. The highest BCUT2D eigenvalue weighted by Crippen LogP contribution is 2.26. The zero-order chi connectivity index (χ0) is 16.2. The number of aliphatic imine (C=N–C) groups is 1. The van der Waals surface area contributed by atoms with Crippen LogP contribution in [0, 0.1) is 11.3 Å². The molecule has 1 aromatic heterocycles. The van der Waals surface area contributed by atoms with Gasteiger partial charge >= 0.3 is 0 Å². The summed E-state index contributed by atoms with van der Waals surface area (Å²) in [7, 11) is 0. The minimum Gasteiger partial charge on any atom is -0.439 e. The Kier molecular flexibility index (Phi) is 4.07. The van der Waals surface area contributed by atoms with Crippen LogP contribution in [0.1, 0.15) is 11.5 Å². The van der Waals surface area contributed by atoms with E-state index >= 15 is 0 Å². The number of nitriles is 1. The Morgan fingerprint density at radius 3 is 2.87 bits per heavy atom. The van der Waals surface area contributed by atoms with Crippen molar-refractivity contribution in [3.05, 3.63) is 66.7 Å². The Bertz CT molecular complexity index is 811. The van der Waals surface area contributed by atoms with Gasteiger partial charge in [-0.15, -0.1) is 0 Å². The van der Waals surface area contributed by atoms with Gasteiger partial charge in [-0.1, -0.05) is 31.4 Å². The maximum Gasteiger partial charge on any atom is 0.226 e. The van der Waals surface area contributed by atoms with E-state index < -0.39 is 0 Å². The highest BCUT2D eigenvalue weighted by atomic mass is 16.4. The fourth-order valence-electron chi connectivity index (χ4n) is 2.57. The number of benzene rings is 1. The molecule has 0 atom stereocenters. The summed E-state index contributed by atoms with van der Waals surface area (Å²) in [5, 5.41) is 9.08. The number of aromatic nitrogens is 1. The largest absolute Gasteiger partial charge is 0.439 e. The first-order valence-electron chi connectivity index (χ1n) is 7.30. The number of oxazole rings is 1. The van der Waals surface area contributed by atoms with Crippen LogP contribution in [0.15, 0.2) is 64.7 Å². The molecule has 0 unspecified atom stereocenters. The molecule has 0 amide bonds. The van der Waals surface area contributed by atoms with Gasteiger partial charge in [-0.25, -0.2) is 9.98 Å². The number of hydrogen-bond acceptors (Lipinski definition) is 4. The molecule has 0 spiro atoms. The van der Waals surface area contributed by atoms with Crippen LogP contribution in [0.25, 0.3) is 11.5 Å². The molecule has 3 rings (SSSR count). The first kappa shape index (κ1) is 14.8. The highest BCUT2D eigenvalue weighted by molar-refractivity contribution is 6.01. The molecule has 0 aliphatic carbocycles. The van der Waals surface area contributed by atoms with Gasteiger partial charge in [0, 0.05) is 24.7 Å². The van der Waals surface area contributed by atoms with Gasteiger partial charge in [0.1, 0.15) is 17.7 Å². The van der Waals surface area contributed by atoms with E-state index in [4.69, 9.17) is 9.68 Å². The quantitative estimate of drug-likeness (QED) is 0.495. The van der Waals surface area contributed by atoms with Crippen LogP contribution in [0.2, 0.25) is 0 Å². The lowest BCUT2D eigenvalue weighted by Crippen LogP contribution is -2.36. The van der Waals surface area contributed by atoms with E-state index in [0.717, 1.165) is 23.4 Å². The predicted molar refractivity (Wildman–Crippen MR) is 88.4 cm³/mol. The lowest BCUT2D eigenvalue weighted by molar-refractivity contribution is 0.342. The minimum atomic E-state index is 0.316. The van der Waals surface area contributed by atoms with Crippen LogP contribution in [-0.4, -0.2) is 22.3 Å². The van der Waals surface area contributed by atoms with Gasteiger partial charge in [0.05, 0.1) is 17.8 Å². The van der Waals surface area contributed by atoms with Crippen molar-refractivity contribution in [3.63, 3.8) is 0 Å². The molecule has 2 heterocycles. The Morgan fingerprint density at radius 1 is 1.39 bits per heavy atom. The normalized spacial score (nSPS) is 14.0. The second-order valence-electron chi connectivity index (χ2n) is 5.15. The zero-order valence-electron chi connectivity index (χ0n) is 12.7. The van der Waals surface area contributed by atoms with Crippen molar-refractivity contribution in [2.75, 3.05) is 6.54 Å². The topological polar surface area (TPSA) is 65.4 Å². The smallest absolute Gasteiger partial charge is 0.226 e. The summed E-state index contributed by atoms with van der Waals surface area (Å²) >= 11 is 0. The van der Waals surface area contributed by atoms with E-state index in [2.05, 4.69) is 23.1 Å². The molecule has 0 N–H and O–H groups in total. The monoisotopic (exact) mass is 304 g/mol. The Labute approximate surface area is 134 Å². The molecule has 0 saturated carbocycles. The molecule has 1 aliphatic rings. The summed E-state index contributed by atoms with van der Waals surface area (Å²) in [6.07, 6.45) is 2.16. The molecular weight excluding hydrogens is 288 g/mol. The fourth-order valence-corrected chi connectivity index (χ4v) is 2.57. The molecule has 1 aromatic carbocycles. The van der Waals surface area contributed by atoms with Gasteiger partial charge < -0.3 is 9.32 Å². The van der Waals surface area contributed by atoms with E-state index in [1.807, 2.05) is 41.3 Å². The van der Waals surface area contributed by atoms with E-state index in [-0.39, 0.29) is 0 Å². The highest BCUT2D eigenvalue weighted by Gasteiger charge is 2.25. The molecule has 0 radical (unpaired) electrons. The number of amidine groups is 1. The molecule has 0 saturated heterocycles. The predicted octanol–water partition coefficient (Wildman–Crippen LogP) is 3.32. The maximum absolute atomic E-state index is 9.08. The standard InChI is InChI=1S/C18H16N4O/c1-3-20-17(13(2)11-19)22-10-9-15-16(12-22)23-18(21-15)14-7-5-4-6-8-14/h3-8H,1-2,9-10,12H2. The van der Waals surface area contributed by atoms with Gasteiger partial charge in [-0.2, -0.15) is 5.26 Å². The van der Waals surface area contributed by atoms with E-state index in [0.29, 0.717) is 30.4 Å². The Balaban J connectivity index is 1.88. The van der Waals surface area contributed by atoms with Crippen LogP contribution in [0.4, 0.5) is 0 Å². The fraction of sp³-hybridized carbons (Fsp3) is 0.167.